The molecule has 0 spiro atoms. The number of hydrogen-bond donors (Lipinski definition) is 7. The molecule has 0 aliphatic carbocycles. The maximum Gasteiger partial charge on any atom is 0.329 e. The predicted octanol–water partition coefficient (Wildman–Crippen LogP) is -0.0239. The summed E-state index contributed by atoms with van der Waals surface area (Å²) in [6.45, 7) is 1.12. The predicted molar refractivity (Wildman–Crippen MR) is 134 cm³/mol. The van der Waals surface area contributed by atoms with Gasteiger partial charge in [-0.3, -0.25) is 20.0 Å². The topological polar surface area (TPSA) is 196 Å². The highest BCUT2D eigenvalue weighted by Crippen LogP contribution is 2.06. The van der Waals surface area contributed by atoms with Crippen LogP contribution in [0.1, 0.15) is 44.1 Å². The van der Waals surface area contributed by atoms with E-state index in [4.69, 9.17) is 10.6 Å². The number of carboxylic acid groups (broad SMARTS) is 1. The molecule has 0 bridgehead atoms. The summed E-state index contributed by atoms with van der Waals surface area (Å²) in [6.07, 6.45) is 5.64. The van der Waals surface area contributed by atoms with Gasteiger partial charge in [0.05, 0.1) is 19.9 Å². The number of aliphatic carboxylic acids is 1. The van der Waals surface area contributed by atoms with E-state index in [0.717, 1.165) is 37.7 Å². The summed E-state index contributed by atoms with van der Waals surface area (Å²) < 4.78 is 4.76. The molecule has 36 heavy (non-hydrogen) atoms. The second-order valence-corrected chi connectivity index (χ2v) is 7.92. The Bertz CT molecular complexity index is 838. The quantitative estimate of drug-likeness (QED) is 0.0356. The zero-order valence-electron chi connectivity index (χ0n) is 20.5. The second-order valence-electron chi connectivity index (χ2n) is 7.92. The first-order valence-electron chi connectivity index (χ1n) is 11.7. The van der Waals surface area contributed by atoms with E-state index in [9.17, 15) is 24.3 Å². The Balaban J connectivity index is 2.46. The number of hydrogen-bond acceptors (Lipinski definition) is 8. The molecule has 0 unspecified atom stereocenters. The van der Waals surface area contributed by atoms with Crippen molar-refractivity contribution in [3.63, 3.8) is 0 Å². The van der Waals surface area contributed by atoms with E-state index in [1.807, 2.05) is 6.07 Å². The number of ether oxygens (including phenoxy) is 1. The molecule has 13 nitrogen and oxygen atoms in total. The third-order valence-electron chi connectivity index (χ3n) is 5.06. The number of esters is 1. The smallest absolute Gasteiger partial charge is 0.329 e. The molecule has 0 aliphatic heterocycles. The number of rotatable bonds is 18. The van der Waals surface area contributed by atoms with Gasteiger partial charge in [0.2, 0.25) is 5.91 Å². The van der Waals surface area contributed by atoms with Gasteiger partial charge < -0.3 is 25.9 Å². The van der Waals surface area contributed by atoms with Crippen molar-refractivity contribution in [3.05, 3.63) is 35.9 Å². The summed E-state index contributed by atoms with van der Waals surface area (Å²) in [5.74, 6) is 2.38. The van der Waals surface area contributed by atoms with Crippen LogP contribution in [0.3, 0.4) is 0 Å². The Morgan fingerprint density at radius 3 is 2.42 bits per heavy atom. The van der Waals surface area contributed by atoms with Crippen LogP contribution in [0.15, 0.2) is 35.3 Å². The summed E-state index contributed by atoms with van der Waals surface area (Å²) in [5.41, 5.74) is 7.85. The van der Waals surface area contributed by atoms with Crippen molar-refractivity contribution in [1.82, 2.24) is 26.9 Å². The van der Waals surface area contributed by atoms with Gasteiger partial charge in [0.15, 0.2) is 0 Å². The molecule has 0 aromatic heterocycles. The molecule has 1 rings (SSSR count). The highest BCUT2D eigenvalue weighted by Gasteiger charge is 2.28. The first-order valence-corrected chi connectivity index (χ1v) is 11.7. The van der Waals surface area contributed by atoms with Gasteiger partial charge in [0.1, 0.15) is 12.1 Å². The Hall–Kier alpha value is -3.71. The van der Waals surface area contributed by atoms with Gasteiger partial charge in [0, 0.05) is 19.5 Å². The van der Waals surface area contributed by atoms with Gasteiger partial charge in [-0.25, -0.2) is 20.9 Å². The average Bonchev–Trinajstić information content (AvgIpc) is 2.87. The van der Waals surface area contributed by atoms with Gasteiger partial charge >= 0.3 is 18.0 Å². The Morgan fingerprint density at radius 2 is 1.75 bits per heavy atom. The molecule has 0 saturated carbocycles. The summed E-state index contributed by atoms with van der Waals surface area (Å²) >= 11 is 0. The van der Waals surface area contributed by atoms with Gasteiger partial charge in [-0.1, -0.05) is 49.6 Å². The minimum absolute atomic E-state index is 0.158. The highest BCUT2D eigenvalue weighted by molar-refractivity contribution is 5.90. The van der Waals surface area contributed by atoms with Crippen molar-refractivity contribution < 1.29 is 29.0 Å². The van der Waals surface area contributed by atoms with Gasteiger partial charge in [0.25, 0.3) is 0 Å². The molecule has 8 N–H and O–H groups in total. The summed E-state index contributed by atoms with van der Waals surface area (Å²) in [4.78, 5) is 52.2. The fourth-order valence-electron chi connectivity index (χ4n) is 3.22. The fourth-order valence-corrected chi connectivity index (χ4v) is 3.22. The van der Waals surface area contributed by atoms with Crippen molar-refractivity contribution in [2.45, 2.75) is 57.0 Å². The van der Waals surface area contributed by atoms with Crippen LogP contribution in [0.5, 0.6) is 0 Å². The maximum absolute atomic E-state index is 12.7. The molecule has 1 aromatic rings. The minimum Gasteiger partial charge on any atom is -0.481 e. The number of carbonyl (C=O) groups excluding carboxylic acids is 3. The molecule has 0 radical (unpaired) electrons. The SMILES string of the molecule is COC(=O)[C@H](Cc1ccccc1)NC(=O)[C@H](CC(=O)O)NNC(=O)NCCCCCCCN=CNN. The fraction of sp³-hybridized carbons (Fsp3) is 0.522. The molecule has 1 aromatic carbocycles. The van der Waals surface area contributed by atoms with E-state index in [2.05, 4.69) is 31.9 Å². The molecule has 13 heteroatoms. The third-order valence-corrected chi connectivity index (χ3v) is 5.06. The van der Waals surface area contributed by atoms with E-state index in [1.54, 1.807) is 24.3 Å². The largest absolute Gasteiger partial charge is 0.481 e. The summed E-state index contributed by atoms with van der Waals surface area (Å²) in [6, 6.07) is 6.04. The number of urea groups is 1. The maximum atomic E-state index is 12.7. The van der Waals surface area contributed by atoms with E-state index < -0.39 is 42.4 Å². The van der Waals surface area contributed by atoms with Crippen molar-refractivity contribution in [2.75, 3.05) is 20.2 Å². The molecular formula is C23H37N7O6. The molecule has 0 saturated heterocycles. The van der Waals surface area contributed by atoms with Crippen LogP contribution in [0.25, 0.3) is 0 Å². The molecule has 0 aliphatic rings. The summed E-state index contributed by atoms with van der Waals surface area (Å²) in [5, 5.41) is 14.3. The zero-order valence-corrected chi connectivity index (χ0v) is 20.5. The molecule has 2 atom stereocenters. The number of aliphatic imine (C=N–C) groups is 1. The first-order chi connectivity index (χ1) is 17.4. The zero-order chi connectivity index (χ0) is 26.6. The average molecular weight is 508 g/mol. The van der Waals surface area contributed by atoms with Crippen LogP contribution in [-0.2, 0) is 25.5 Å². The number of nitrogens with zero attached hydrogens (tertiary/aromatic N) is 1. The van der Waals surface area contributed by atoms with Crippen LogP contribution in [0, 0.1) is 0 Å². The summed E-state index contributed by atoms with van der Waals surface area (Å²) in [7, 11) is 1.20. The number of benzene rings is 1. The number of nitrogens with one attached hydrogen (secondary N) is 5. The number of hydrazine groups is 2. The van der Waals surface area contributed by atoms with Crippen molar-refractivity contribution in [2.24, 2.45) is 10.8 Å². The number of unbranched alkanes of at least 4 members (excludes halogenated alkanes) is 4. The lowest BCUT2D eigenvalue weighted by molar-refractivity contribution is -0.145. The Kier molecular flexibility index (Phi) is 15.7. The van der Waals surface area contributed by atoms with Gasteiger partial charge in [-0.2, -0.15) is 0 Å². The van der Waals surface area contributed by atoms with E-state index in [1.165, 1.54) is 13.4 Å². The van der Waals surface area contributed by atoms with E-state index in [0.29, 0.717) is 13.1 Å². The van der Waals surface area contributed by atoms with Crippen LogP contribution in [0.4, 0.5) is 4.79 Å². The Labute approximate surface area is 210 Å². The van der Waals surface area contributed by atoms with E-state index in [-0.39, 0.29) is 6.42 Å². The van der Waals surface area contributed by atoms with Crippen LogP contribution < -0.4 is 32.8 Å². The highest BCUT2D eigenvalue weighted by atomic mass is 16.5. The number of carbonyl (C=O) groups is 4. The lowest BCUT2D eigenvalue weighted by Gasteiger charge is -2.22. The molecule has 3 amide bonds. The van der Waals surface area contributed by atoms with E-state index >= 15 is 0 Å². The third kappa shape index (κ3) is 13.9. The Morgan fingerprint density at radius 1 is 1.06 bits per heavy atom. The molecule has 0 heterocycles. The van der Waals surface area contributed by atoms with Crippen LogP contribution in [-0.4, -0.2) is 67.6 Å². The number of amides is 3. The molecule has 0 fully saturated rings. The monoisotopic (exact) mass is 507 g/mol. The lowest BCUT2D eigenvalue weighted by Crippen LogP contribution is -2.57. The van der Waals surface area contributed by atoms with Gasteiger partial charge in [-0.15, -0.1) is 0 Å². The van der Waals surface area contributed by atoms with Crippen molar-refractivity contribution >= 4 is 30.2 Å². The van der Waals surface area contributed by atoms with Crippen molar-refractivity contribution in [3.8, 4) is 0 Å². The standard InChI is InChI=1S/C23H37N7O6/c1-36-22(34)19(14-17-10-6-5-7-11-17)28-21(33)18(15-20(31)32)29-30-23(35)26-13-9-4-2-3-8-12-25-16-27-24/h5-7,10-11,16,18-19,29H,2-4,8-9,12-15,24H2,1H3,(H,25,27)(H,28,33)(H,31,32)(H2,26,30,35)/t18-,19-/m0/s1. The minimum atomic E-state index is -1.31. The molecular weight excluding hydrogens is 470 g/mol. The van der Waals surface area contributed by atoms with Gasteiger partial charge in [-0.05, 0) is 18.4 Å². The van der Waals surface area contributed by atoms with Crippen LogP contribution in [0.2, 0.25) is 0 Å². The normalized spacial score (nSPS) is 12.4. The van der Waals surface area contributed by atoms with Crippen LogP contribution >= 0.6 is 0 Å². The number of nitrogens with two attached hydrogens (primary N) is 1. The second kappa shape index (κ2) is 18.6. The molecule has 200 valence electrons. The first kappa shape index (κ1) is 30.3. The lowest BCUT2D eigenvalue weighted by atomic mass is 10.1. The number of methoxy groups -OCH3 is 1. The van der Waals surface area contributed by atoms with Crippen molar-refractivity contribution in [1.29, 1.82) is 0 Å². The number of carboxylic acids is 1.